The van der Waals surface area contributed by atoms with E-state index < -0.39 is 5.97 Å². The van der Waals surface area contributed by atoms with Crippen molar-refractivity contribution in [3.63, 3.8) is 0 Å². The summed E-state index contributed by atoms with van der Waals surface area (Å²) < 4.78 is 9.47. The van der Waals surface area contributed by atoms with E-state index in [0.29, 0.717) is 6.61 Å². The molecule has 0 aliphatic heterocycles. The topological polar surface area (TPSA) is 52.6 Å². The average molecular weight is 226 g/mol. The van der Waals surface area contributed by atoms with E-state index >= 15 is 0 Å². The summed E-state index contributed by atoms with van der Waals surface area (Å²) in [4.78, 5) is 22.5. The summed E-state index contributed by atoms with van der Waals surface area (Å²) in [5.74, 6) is -0.670. The van der Waals surface area contributed by atoms with Crippen LogP contribution in [0, 0.1) is 17.3 Å². The van der Waals surface area contributed by atoms with Crippen LogP contribution in [-0.4, -0.2) is 25.7 Å². The standard InChI is InChI=1S/C12H18O4/c1-5-16-11(14)10-8(12(10,2)3)6-7-9(13)15-4/h6-8,10H,5H2,1-4H3/t8-,10-/m0/s1. The third-order valence-electron chi connectivity index (χ3n) is 3.09. The minimum Gasteiger partial charge on any atom is -0.466 e. The van der Waals surface area contributed by atoms with Gasteiger partial charge in [-0.25, -0.2) is 4.79 Å². The van der Waals surface area contributed by atoms with E-state index in [0.717, 1.165) is 0 Å². The van der Waals surface area contributed by atoms with Gasteiger partial charge in [-0.05, 0) is 18.3 Å². The Morgan fingerprint density at radius 3 is 2.50 bits per heavy atom. The summed E-state index contributed by atoms with van der Waals surface area (Å²) in [6.45, 7) is 6.15. The van der Waals surface area contributed by atoms with Gasteiger partial charge in [0, 0.05) is 6.08 Å². The van der Waals surface area contributed by atoms with Crippen LogP contribution in [0.25, 0.3) is 0 Å². The third kappa shape index (κ3) is 2.43. The van der Waals surface area contributed by atoms with Crippen LogP contribution in [0.1, 0.15) is 20.8 Å². The number of hydrogen-bond acceptors (Lipinski definition) is 4. The molecule has 2 atom stereocenters. The molecule has 0 radical (unpaired) electrons. The van der Waals surface area contributed by atoms with E-state index in [1.807, 2.05) is 13.8 Å². The molecule has 0 spiro atoms. The monoisotopic (exact) mass is 226 g/mol. The van der Waals surface area contributed by atoms with Crippen LogP contribution in [0.15, 0.2) is 12.2 Å². The zero-order chi connectivity index (χ0) is 12.3. The molecule has 1 saturated carbocycles. The molecule has 0 amide bonds. The van der Waals surface area contributed by atoms with Gasteiger partial charge in [-0.15, -0.1) is 0 Å². The minimum atomic E-state index is -0.398. The molecule has 0 unspecified atom stereocenters. The van der Waals surface area contributed by atoms with E-state index in [4.69, 9.17) is 4.74 Å². The van der Waals surface area contributed by atoms with Gasteiger partial charge in [0.1, 0.15) is 0 Å². The van der Waals surface area contributed by atoms with Crippen LogP contribution in [0.5, 0.6) is 0 Å². The summed E-state index contributed by atoms with van der Waals surface area (Å²) in [5, 5.41) is 0. The van der Waals surface area contributed by atoms with Gasteiger partial charge in [-0.3, -0.25) is 4.79 Å². The van der Waals surface area contributed by atoms with Crippen molar-refractivity contribution in [3.8, 4) is 0 Å². The number of esters is 2. The maximum absolute atomic E-state index is 11.6. The molecule has 90 valence electrons. The molecule has 0 N–H and O–H groups in total. The number of carbonyl (C=O) groups excluding carboxylic acids is 2. The fourth-order valence-corrected chi connectivity index (χ4v) is 1.97. The van der Waals surface area contributed by atoms with E-state index in [1.54, 1.807) is 13.0 Å². The molecule has 1 aliphatic rings. The average Bonchev–Trinajstić information content (AvgIpc) is 2.77. The molecule has 1 rings (SSSR count). The van der Waals surface area contributed by atoms with E-state index in [9.17, 15) is 9.59 Å². The first-order chi connectivity index (χ1) is 7.45. The molecule has 1 aliphatic carbocycles. The molecule has 0 aromatic carbocycles. The summed E-state index contributed by atoms with van der Waals surface area (Å²) in [6, 6.07) is 0. The van der Waals surface area contributed by atoms with Gasteiger partial charge in [-0.1, -0.05) is 19.9 Å². The second-order valence-corrected chi connectivity index (χ2v) is 4.46. The first kappa shape index (κ1) is 12.7. The van der Waals surface area contributed by atoms with Gasteiger partial charge in [-0.2, -0.15) is 0 Å². The van der Waals surface area contributed by atoms with Gasteiger partial charge in [0.15, 0.2) is 0 Å². The molecule has 16 heavy (non-hydrogen) atoms. The molecule has 4 heteroatoms. The SMILES string of the molecule is CCOC(=O)[C@@H]1[C@H](C=CC(=O)OC)C1(C)C. The van der Waals surface area contributed by atoms with Crippen molar-refractivity contribution in [2.24, 2.45) is 17.3 Å². The number of allylic oxidation sites excluding steroid dienone is 1. The van der Waals surface area contributed by atoms with E-state index in [-0.39, 0.29) is 23.2 Å². The fourth-order valence-electron chi connectivity index (χ4n) is 1.97. The van der Waals surface area contributed by atoms with Crippen molar-refractivity contribution in [2.45, 2.75) is 20.8 Å². The van der Waals surface area contributed by atoms with E-state index in [1.165, 1.54) is 13.2 Å². The lowest BCUT2D eigenvalue weighted by molar-refractivity contribution is -0.145. The van der Waals surface area contributed by atoms with Crippen LogP contribution in [0.4, 0.5) is 0 Å². The Balaban J connectivity index is 2.60. The van der Waals surface area contributed by atoms with Gasteiger partial charge >= 0.3 is 11.9 Å². The largest absolute Gasteiger partial charge is 0.466 e. The maximum Gasteiger partial charge on any atom is 0.330 e. The number of ether oxygens (including phenoxy) is 2. The molecule has 0 aromatic rings. The molecule has 0 heterocycles. The first-order valence-corrected chi connectivity index (χ1v) is 5.38. The number of methoxy groups -OCH3 is 1. The van der Waals surface area contributed by atoms with Gasteiger partial charge < -0.3 is 9.47 Å². The lowest BCUT2D eigenvalue weighted by atomic mass is 10.1. The molecule has 4 nitrogen and oxygen atoms in total. The summed E-state index contributed by atoms with van der Waals surface area (Å²) in [7, 11) is 1.33. The maximum atomic E-state index is 11.6. The first-order valence-electron chi connectivity index (χ1n) is 5.38. The zero-order valence-electron chi connectivity index (χ0n) is 10.1. The Labute approximate surface area is 95.6 Å². The highest BCUT2D eigenvalue weighted by Gasteiger charge is 2.61. The second kappa shape index (κ2) is 4.68. The Morgan fingerprint density at radius 2 is 2.00 bits per heavy atom. The number of carbonyl (C=O) groups is 2. The zero-order valence-corrected chi connectivity index (χ0v) is 10.1. The van der Waals surface area contributed by atoms with E-state index in [2.05, 4.69) is 4.74 Å². The van der Waals surface area contributed by atoms with Crippen LogP contribution in [0.3, 0.4) is 0 Å². The second-order valence-electron chi connectivity index (χ2n) is 4.46. The van der Waals surface area contributed by atoms with Crippen LogP contribution in [0.2, 0.25) is 0 Å². The highest BCUT2D eigenvalue weighted by molar-refractivity contribution is 5.83. The predicted molar refractivity (Wildman–Crippen MR) is 58.6 cm³/mol. The van der Waals surface area contributed by atoms with Crippen molar-refractivity contribution in [1.82, 2.24) is 0 Å². The number of rotatable bonds is 4. The Bertz CT molecular complexity index is 317. The van der Waals surface area contributed by atoms with Gasteiger partial charge in [0.25, 0.3) is 0 Å². The molecule has 0 bridgehead atoms. The molecular formula is C12H18O4. The van der Waals surface area contributed by atoms with Crippen molar-refractivity contribution in [1.29, 1.82) is 0 Å². The highest BCUT2D eigenvalue weighted by Crippen LogP contribution is 2.59. The normalized spacial score (nSPS) is 26.5. The van der Waals surface area contributed by atoms with Crippen molar-refractivity contribution in [3.05, 3.63) is 12.2 Å². The Morgan fingerprint density at radius 1 is 1.38 bits per heavy atom. The summed E-state index contributed by atoms with van der Waals surface area (Å²) in [5.41, 5.74) is -0.128. The highest BCUT2D eigenvalue weighted by atomic mass is 16.5. The van der Waals surface area contributed by atoms with Gasteiger partial charge in [0.05, 0.1) is 19.6 Å². The van der Waals surface area contributed by atoms with Crippen LogP contribution in [-0.2, 0) is 19.1 Å². The smallest absolute Gasteiger partial charge is 0.330 e. The Hall–Kier alpha value is -1.32. The summed E-state index contributed by atoms with van der Waals surface area (Å²) >= 11 is 0. The fraction of sp³-hybridized carbons (Fsp3) is 0.667. The quantitative estimate of drug-likeness (QED) is 0.539. The minimum absolute atomic E-state index is 0.0608. The molecule has 0 saturated heterocycles. The Kier molecular flexibility index (Phi) is 3.73. The summed E-state index contributed by atoms with van der Waals surface area (Å²) in [6.07, 6.45) is 3.10. The predicted octanol–water partition coefficient (Wildman–Crippen LogP) is 1.55. The van der Waals surface area contributed by atoms with Crippen molar-refractivity contribution < 1.29 is 19.1 Å². The van der Waals surface area contributed by atoms with Crippen molar-refractivity contribution >= 4 is 11.9 Å². The lowest BCUT2D eigenvalue weighted by Gasteiger charge is -2.01. The third-order valence-corrected chi connectivity index (χ3v) is 3.09. The lowest BCUT2D eigenvalue weighted by Crippen LogP contribution is -2.10. The molecule has 0 aromatic heterocycles. The molecular weight excluding hydrogens is 208 g/mol. The number of hydrogen-bond donors (Lipinski definition) is 0. The van der Waals surface area contributed by atoms with Crippen LogP contribution < -0.4 is 0 Å². The van der Waals surface area contributed by atoms with Crippen molar-refractivity contribution in [2.75, 3.05) is 13.7 Å². The molecule has 1 fully saturated rings. The van der Waals surface area contributed by atoms with Gasteiger partial charge in [0.2, 0.25) is 0 Å². The van der Waals surface area contributed by atoms with Crippen LogP contribution >= 0.6 is 0 Å².